The van der Waals surface area contributed by atoms with Crippen LogP contribution in [0.1, 0.15) is 89.1 Å². The Morgan fingerprint density at radius 1 is 0.895 bits per heavy atom. The fraction of sp³-hybridized carbons (Fsp3) is 0.476. The van der Waals surface area contributed by atoms with Crippen molar-refractivity contribution < 1.29 is 33.8 Å². The molecule has 15 nitrogen and oxygen atoms in total. The van der Waals surface area contributed by atoms with E-state index in [-0.39, 0.29) is 41.7 Å². The summed E-state index contributed by atoms with van der Waals surface area (Å²) >= 11 is 0. The van der Waals surface area contributed by atoms with Gasteiger partial charge in [-0.2, -0.15) is 0 Å². The number of alkyl carbamates (subject to hydrolysis) is 1. The van der Waals surface area contributed by atoms with E-state index in [1.165, 1.54) is 7.11 Å². The van der Waals surface area contributed by atoms with E-state index in [4.69, 9.17) is 19.4 Å². The van der Waals surface area contributed by atoms with Gasteiger partial charge in [-0.15, -0.1) is 0 Å². The van der Waals surface area contributed by atoms with Gasteiger partial charge < -0.3 is 45.4 Å². The number of hydrogen-bond donors (Lipinski definition) is 6. The topological polar surface area (TPSA) is 204 Å². The Labute approximate surface area is 331 Å². The molecule has 0 unspecified atom stereocenters. The van der Waals surface area contributed by atoms with Crippen molar-refractivity contribution in [2.24, 2.45) is 11.8 Å². The van der Waals surface area contributed by atoms with Crippen LogP contribution in [-0.2, 0) is 20.7 Å². The number of H-pyrrole nitrogens is 2. The molecule has 0 spiro atoms. The lowest BCUT2D eigenvalue weighted by Gasteiger charge is -2.30. The highest BCUT2D eigenvalue weighted by molar-refractivity contribution is 5.87. The van der Waals surface area contributed by atoms with Gasteiger partial charge in [-0.1, -0.05) is 64.4 Å². The SMILES string of the molecule is COC(=O)N[C@H](C(=O)N1CCC[C@H]1c1nc2c([nH]1)CCOc1cc(-c3ccc(-c4cnc([C@@H]5CCC[C@H]5NC(=O)[C@@H](NC(=O)O)C(C)C)[nH]4)cc3)ccc1-2)C(C)C. The third kappa shape index (κ3) is 8.33. The number of benzene rings is 2. The predicted molar refractivity (Wildman–Crippen MR) is 212 cm³/mol. The Bertz CT molecular complexity index is 2110. The van der Waals surface area contributed by atoms with Gasteiger partial charge in [-0.05, 0) is 66.3 Å². The summed E-state index contributed by atoms with van der Waals surface area (Å²) in [4.78, 5) is 68.7. The summed E-state index contributed by atoms with van der Waals surface area (Å²) in [6, 6.07) is 12.5. The predicted octanol–water partition coefficient (Wildman–Crippen LogP) is 6.16. The quantitative estimate of drug-likeness (QED) is 0.103. The van der Waals surface area contributed by atoms with Gasteiger partial charge in [0.15, 0.2) is 0 Å². The van der Waals surface area contributed by atoms with Crippen LogP contribution < -0.4 is 20.7 Å². The molecule has 15 heteroatoms. The number of rotatable bonds is 11. The average molecular weight is 781 g/mol. The lowest BCUT2D eigenvalue weighted by molar-refractivity contribution is -0.135. The molecule has 4 amide bonds. The molecule has 6 N–H and O–H groups in total. The zero-order valence-corrected chi connectivity index (χ0v) is 33.1. The Hall–Kier alpha value is -5.86. The summed E-state index contributed by atoms with van der Waals surface area (Å²) in [5.41, 5.74) is 6.54. The highest BCUT2D eigenvalue weighted by Crippen LogP contribution is 2.40. The van der Waals surface area contributed by atoms with Crippen LogP contribution in [0.2, 0.25) is 0 Å². The standard InChI is InChI=1S/C42H52N8O7/c1-22(2)34(48-41(53)54)39(51)46-29-9-6-8-27(29)37-43-21-31(45-37)25-13-11-24(12-14-25)26-15-16-28-33(20-26)57-19-17-30-36(28)47-38(44-30)32-10-7-18-50(32)40(52)35(23(3)4)49-42(55)56-5/h11-16,20-23,27,29,32,34-35,48H,6-10,17-19H2,1-5H3,(H,43,45)(H,44,47)(H,46,51)(H,49,55)(H,53,54)/t27-,29-,32+,34+,35+/m1/s1. The monoisotopic (exact) mass is 780 g/mol. The van der Waals surface area contributed by atoms with Crippen molar-refractivity contribution >= 4 is 24.0 Å². The number of amides is 4. The van der Waals surface area contributed by atoms with Crippen molar-refractivity contribution in [3.05, 3.63) is 66.0 Å². The van der Waals surface area contributed by atoms with Crippen molar-refractivity contribution in [3.8, 4) is 39.4 Å². The smallest absolute Gasteiger partial charge is 0.407 e. The van der Waals surface area contributed by atoms with Gasteiger partial charge in [0.05, 0.1) is 37.3 Å². The van der Waals surface area contributed by atoms with E-state index in [1.54, 1.807) is 0 Å². The first-order valence-electron chi connectivity index (χ1n) is 19.9. The number of likely N-dealkylation sites (tertiary alicyclic amines) is 1. The van der Waals surface area contributed by atoms with Crippen LogP contribution >= 0.6 is 0 Å². The van der Waals surface area contributed by atoms with Gasteiger partial charge in [0, 0.05) is 36.2 Å². The number of carbonyl (C=O) groups excluding carboxylic acids is 3. The van der Waals surface area contributed by atoms with Crippen molar-refractivity contribution in [1.82, 2.24) is 40.8 Å². The van der Waals surface area contributed by atoms with Crippen molar-refractivity contribution in [2.45, 2.75) is 96.3 Å². The molecule has 4 aromatic rings. The molecule has 7 rings (SSSR count). The molecule has 0 bridgehead atoms. The van der Waals surface area contributed by atoms with Crippen molar-refractivity contribution in [3.63, 3.8) is 0 Å². The molecule has 57 heavy (non-hydrogen) atoms. The maximum Gasteiger partial charge on any atom is 0.407 e. The molecule has 1 saturated carbocycles. The number of nitrogens with zero attached hydrogens (tertiary/aromatic N) is 3. The number of ether oxygens (including phenoxy) is 2. The minimum Gasteiger partial charge on any atom is -0.492 e. The molecule has 0 radical (unpaired) electrons. The third-order valence-corrected chi connectivity index (χ3v) is 11.4. The number of hydrogen-bond acceptors (Lipinski definition) is 8. The Morgan fingerprint density at radius 3 is 2.35 bits per heavy atom. The van der Waals surface area contributed by atoms with Crippen LogP contribution in [0.5, 0.6) is 5.75 Å². The van der Waals surface area contributed by atoms with E-state index in [9.17, 15) is 24.3 Å². The molecule has 2 aromatic carbocycles. The van der Waals surface area contributed by atoms with Gasteiger partial charge >= 0.3 is 12.2 Å². The minimum absolute atomic E-state index is 0.00235. The average Bonchev–Trinajstić information content (AvgIpc) is 4.02. The second-order valence-corrected chi connectivity index (χ2v) is 15.9. The van der Waals surface area contributed by atoms with Gasteiger partial charge in [0.1, 0.15) is 29.5 Å². The molecule has 1 aliphatic carbocycles. The lowest BCUT2D eigenvalue weighted by Crippen LogP contribution is -2.52. The summed E-state index contributed by atoms with van der Waals surface area (Å²) in [6.45, 7) is 8.50. The van der Waals surface area contributed by atoms with E-state index in [0.717, 1.165) is 88.8 Å². The molecule has 2 aliphatic heterocycles. The first-order valence-corrected chi connectivity index (χ1v) is 19.9. The molecule has 3 aliphatic rings. The minimum atomic E-state index is -1.22. The molecule has 4 heterocycles. The second kappa shape index (κ2) is 16.7. The van der Waals surface area contributed by atoms with E-state index < -0.39 is 24.3 Å². The molecular weight excluding hydrogens is 729 g/mol. The van der Waals surface area contributed by atoms with Crippen molar-refractivity contribution in [1.29, 1.82) is 0 Å². The van der Waals surface area contributed by atoms with Crippen LogP contribution in [0.25, 0.3) is 33.6 Å². The Balaban J connectivity index is 1.05. The van der Waals surface area contributed by atoms with Crippen LogP contribution in [0.15, 0.2) is 48.7 Å². The highest BCUT2D eigenvalue weighted by Gasteiger charge is 2.39. The van der Waals surface area contributed by atoms with Gasteiger partial charge in [-0.25, -0.2) is 19.6 Å². The maximum absolute atomic E-state index is 13.7. The molecular formula is C42H52N8O7. The lowest BCUT2D eigenvalue weighted by atomic mass is 9.99. The zero-order valence-electron chi connectivity index (χ0n) is 33.1. The Kier molecular flexibility index (Phi) is 11.5. The molecule has 2 aromatic heterocycles. The molecule has 302 valence electrons. The normalized spacial score (nSPS) is 19.9. The third-order valence-electron chi connectivity index (χ3n) is 11.4. The van der Waals surface area contributed by atoms with Gasteiger partial charge in [0.2, 0.25) is 11.8 Å². The van der Waals surface area contributed by atoms with Crippen molar-refractivity contribution in [2.75, 3.05) is 20.3 Å². The van der Waals surface area contributed by atoms with Crippen LogP contribution in [0.3, 0.4) is 0 Å². The van der Waals surface area contributed by atoms with Gasteiger partial charge in [-0.3, -0.25) is 9.59 Å². The summed E-state index contributed by atoms with van der Waals surface area (Å²) in [5, 5.41) is 17.4. The number of aromatic amines is 2. The molecule has 5 atom stereocenters. The number of aromatic nitrogens is 4. The maximum atomic E-state index is 13.7. The summed E-state index contributed by atoms with van der Waals surface area (Å²) < 4.78 is 11.0. The van der Waals surface area contributed by atoms with E-state index >= 15 is 0 Å². The van der Waals surface area contributed by atoms with E-state index in [1.807, 2.05) is 50.9 Å². The first kappa shape index (κ1) is 39.4. The fourth-order valence-electron chi connectivity index (χ4n) is 8.38. The zero-order chi connectivity index (χ0) is 40.4. The number of carbonyl (C=O) groups is 4. The number of fused-ring (bicyclic) bond motifs is 3. The highest BCUT2D eigenvalue weighted by atomic mass is 16.5. The van der Waals surface area contributed by atoms with E-state index in [0.29, 0.717) is 19.6 Å². The van der Waals surface area contributed by atoms with Crippen LogP contribution in [0, 0.1) is 11.8 Å². The molecule has 1 saturated heterocycles. The van der Waals surface area contributed by atoms with E-state index in [2.05, 4.69) is 56.3 Å². The van der Waals surface area contributed by atoms with Crippen LogP contribution in [-0.4, -0.2) is 92.3 Å². The summed E-state index contributed by atoms with van der Waals surface area (Å²) in [5.74, 6) is 1.51. The number of methoxy groups -OCH3 is 1. The number of imidazole rings is 2. The number of nitrogens with one attached hydrogen (secondary N) is 5. The summed E-state index contributed by atoms with van der Waals surface area (Å²) in [6.07, 6.45) is 4.81. The fourth-order valence-corrected chi connectivity index (χ4v) is 8.38. The second-order valence-electron chi connectivity index (χ2n) is 15.9. The number of carboxylic acid groups (broad SMARTS) is 1. The Morgan fingerprint density at radius 2 is 1.63 bits per heavy atom. The van der Waals surface area contributed by atoms with Crippen LogP contribution in [0.4, 0.5) is 9.59 Å². The first-order chi connectivity index (χ1) is 27.4. The molecule has 2 fully saturated rings. The largest absolute Gasteiger partial charge is 0.492 e. The summed E-state index contributed by atoms with van der Waals surface area (Å²) in [7, 11) is 1.29. The van der Waals surface area contributed by atoms with Gasteiger partial charge in [0.25, 0.3) is 0 Å².